The van der Waals surface area contributed by atoms with E-state index in [1.54, 1.807) is 0 Å². The van der Waals surface area contributed by atoms with Gasteiger partial charge in [0.25, 0.3) is 0 Å². The molecule has 0 fully saturated rings. The Labute approximate surface area is 108 Å². The topological polar surface area (TPSA) is 93.4 Å². The van der Waals surface area contributed by atoms with Crippen molar-refractivity contribution in [1.29, 1.82) is 5.26 Å². The summed E-state index contributed by atoms with van der Waals surface area (Å²) >= 11 is 0. The second-order valence-electron chi connectivity index (χ2n) is 4.99. The number of nitrogens with one attached hydrogen (secondary N) is 1. The van der Waals surface area contributed by atoms with Crippen LogP contribution in [0.15, 0.2) is 0 Å². The van der Waals surface area contributed by atoms with E-state index in [2.05, 4.69) is 5.32 Å². The van der Waals surface area contributed by atoms with Gasteiger partial charge in [-0.25, -0.2) is 0 Å². The second-order valence-corrected chi connectivity index (χ2v) is 4.99. The molecule has 0 aromatic heterocycles. The maximum Gasteiger partial charge on any atom is 0.304 e. The standard InChI is InChI=1S/C12H21N3O3/c1-12(2,3)15(8-5-11(17)18)9-10(16)14-7-4-6-13/h4-5,7-9H2,1-3H3,(H,14,16)(H,17,18). The van der Waals surface area contributed by atoms with Crippen molar-refractivity contribution in [1.82, 2.24) is 10.2 Å². The van der Waals surface area contributed by atoms with Gasteiger partial charge in [0.15, 0.2) is 0 Å². The van der Waals surface area contributed by atoms with Gasteiger partial charge in [0, 0.05) is 18.6 Å². The van der Waals surface area contributed by atoms with Gasteiger partial charge in [0.05, 0.1) is 25.5 Å². The number of hydrogen-bond acceptors (Lipinski definition) is 4. The lowest BCUT2D eigenvalue weighted by molar-refractivity contribution is -0.138. The minimum Gasteiger partial charge on any atom is -0.481 e. The van der Waals surface area contributed by atoms with Gasteiger partial charge in [-0.3, -0.25) is 14.5 Å². The summed E-state index contributed by atoms with van der Waals surface area (Å²) in [7, 11) is 0. The van der Waals surface area contributed by atoms with Crippen molar-refractivity contribution in [2.45, 2.75) is 39.2 Å². The fraction of sp³-hybridized carbons (Fsp3) is 0.750. The average Bonchev–Trinajstić information content (AvgIpc) is 2.22. The number of nitriles is 1. The highest BCUT2D eigenvalue weighted by Gasteiger charge is 2.23. The Morgan fingerprint density at radius 1 is 1.39 bits per heavy atom. The van der Waals surface area contributed by atoms with Gasteiger partial charge < -0.3 is 10.4 Å². The Kier molecular flexibility index (Phi) is 6.98. The van der Waals surface area contributed by atoms with Crippen molar-refractivity contribution in [2.24, 2.45) is 0 Å². The number of carbonyl (C=O) groups is 2. The molecule has 0 rings (SSSR count). The van der Waals surface area contributed by atoms with E-state index >= 15 is 0 Å². The SMILES string of the molecule is CC(C)(C)N(CCC(=O)O)CC(=O)NCCC#N. The van der Waals surface area contributed by atoms with Crippen LogP contribution in [0.4, 0.5) is 0 Å². The zero-order valence-corrected chi connectivity index (χ0v) is 11.2. The Morgan fingerprint density at radius 2 is 2.00 bits per heavy atom. The molecule has 0 aliphatic heterocycles. The fourth-order valence-electron chi connectivity index (χ4n) is 1.37. The first kappa shape index (κ1) is 16.4. The van der Waals surface area contributed by atoms with E-state index < -0.39 is 5.97 Å². The summed E-state index contributed by atoms with van der Waals surface area (Å²) in [5.74, 6) is -1.07. The molecule has 0 saturated heterocycles. The van der Waals surface area contributed by atoms with E-state index in [-0.39, 0.29) is 30.8 Å². The van der Waals surface area contributed by atoms with Gasteiger partial charge >= 0.3 is 5.97 Å². The van der Waals surface area contributed by atoms with Crippen LogP contribution in [0.3, 0.4) is 0 Å². The van der Waals surface area contributed by atoms with Crippen LogP contribution in [0.5, 0.6) is 0 Å². The lowest BCUT2D eigenvalue weighted by Gasteiger charge is -2.34. The molecular formula is C12H21N3O3. The number of carboxylic acid groups (broad SMARTS) is 1. The van der Waals surface area contributed by atoms with Crippen molar-refractivity contribution in [3.05, 3.63) is 0 Å². The molecule has 0 spiro atoms. The summed E-state index contributed by atoms with van der Waals surface area (Å²) in [4.78, 5) is 24.0. The smallest absolute Gasteiger partial charge is 0.304 e. The predicted octanol–water partition coefficient (Wildman–Crippen LogP) is 0.591. The largest absolute Gasteiger partial charge is 0.481 e. The van der Waals surface area contributed by atoms with Crippen molar-refractivity contribution >= 4 is 11.9 Å². The van der Waals surface area contributed by atoms with Crippen LogP contribution >= 0.6 is 0 Å². The van der Waals surface area contributed by atoms with Crippen LogP contribution in [-0.4, -0.2) is 47.1 Å². The molecule has 2 N–H and O–H groups in total. The summed E-state index contributed by atoms with van der Waals surface area (Å²) in [6.07, 6.45) is 0.277. The van der Waals surface area contributed by atoms with Crippen LogP contribution in [0.1, 0.15) is 33.6 Å². The highest BCUT2D eigenvalue weighted by molar-refractivity contribution is 5.78. The summed E-state index contributed by atoms with van der Waals surface area (Å²) in [5, 5.41) is 19.7. The van der Waals surface area contributed by atoms with E-state index in [0.29, 0.717) is 13.1 Å². The number of carboxylic acids is 1. The first-order valence-corrected chi connectivity index (χ1v) is 5.88. The Morgan fingerprint density at radius 3 is 2.44 bits per heavy atom. The zero-order chi connectivity index (χ0) is 14.2. The molecule has 0 aliphatic carbocycles. The van der Waals surface area contributed by atoms with Crippen molar-refractivity contribution in [3.63, 3.8) is 0 Å². The third-order valence-corrected chi connectivity index (χ3v) is 2.44. The second kappa shape index (κ2) is 7.67. The first-order chi connectivity index (χ1) is 8.27. The molecule has 0 bridgehead atoms. The van der Waals surface area contributed by atoms with Gasteiger partial charge in [-0.1, -0.05) is 0 Å². The molecule has 6 nitrogen and oxygen atoms in total. The molecule has 0 aliphatic rings. The van der Waals surface area contributed by atoms with E-state index in [1.807, 2.05) is 31.7 Å². The normalized spacial score (nSPS) is 11.1. The monoisotopic (exact) mass is 255 g/mol. The van der Waals surface area contributed by atoms with Crippen LogP contribution < -0.4 is 5.32 Å². The molecule has 0 radical (unpaired) electrons. The van der Waals surface area contributed by atoms with E-state index in [4.69, 9.17) is 10.4 Å². The van der Waals surface area contributed by atoms with E-state index in [9.17, 15) is 9.59 Å². The predicted molar refractivity (Wildman–Crippen MR) is 66.8 cm³/mol. The number of nitrogens with zero attached hydrogens (tertiary/aromatic N) is 2. The molecule has 18 heavy (non-hydrogen) atoms. The van der Waals surface area contributed by atoms with E-state index in [0.717, 1.165) is 0 Å². The Hall–Kier alpha value is -1.61. The molecule has 0 aromatic rings. The molecule has 0 saturated carbocycles. The third-order valence-electron chi connectivity index (χ3n) is 2.44. The van der Waals surface area contributed by atoms with Gasteiger partial charge in [-0.15, -0.1) is 0 Å². The van der Waals surface area contributed by atoms with Crippen LogP contribution in [0.25, 0.3) is 0 Å². The highest BCUT2D eigenvalue weighted by atomic mass is 16.4. The van der Waals surface area contributed by atoms with E-state index in [1.165, 1.54) is 0 Å². The molecular weight excluding hydrogens is 234 g/mol. The number of amides is 1. The minimum absolute atomic E-state index is 0.00272. The number of rotatable bonds is 7. The summed E-state index contributed by atoms with van der Waals surface area (Å²) in [6, 6.07) is 1.94. The summed E-state index contributed by atoms with van der Waals surface area (Å²) < 4.78 is 0. The quantitative estimate of drug-likeness (QED) is 0.649. The summed E-state index contributed by atoms with van der Waals surface area (Å²) in [6.45, 7) is 6.57. The molecule has 102 valence electrons. The first-order valence-electron chi connectivity index (χ1n) is 5.88. The van der Waals surface area contributed by atoms with Crippen LogP contribution in [0.2, 0.25) is 0 Å². The maximum absolute atomic E-state index is 11.6. The molecule has 0 heterocycles. The Bertz CT molecular complexity index is 328. The molecule has 0 unspecified atom stereocenters. The van der Waals surface area contributed by atoms with Gasteiger partial charge in [-0.2, -0.15) is 5.26 Å². The van der Waals surface area contributed by atoms with Gasteiger partial charge in [-0.05, 0) is 20.8 Å². The van der Waals surface area contributed by atoms with Crippen LogP contribution in [0, 0.1) is 11.3 Å². The Balaban J connectivity index is 4.28. The number of hydrogen-bond donors (Lipinski definition) is 2. The number of carbonyl (C=O) groups excluding carboxylic acids is 1. The average molecular weight is 255 g/mol. The van der Waals surface area contributed by atoms with Crippen molar-refractivity contribution in [2.75, 3.05) is 19.6 Å². The maximum atomic E-state index is 11.6. The van der Waals surface area contributed by atoms with Gasteiger partial charge in [0.2, 0.25) is 5.91 Å². The molecule has 1 amide bonds. The fourth-order valence-corrected chi connectivity index (χ4v) is 1.37. The molecule has 0 aromatic carbocycles. The zero-order valence-electron chi connectivity index (χ0n) is 11.2. The van der Waals surface area contributed by atoms with Crippen LogP contribution in [-0.2, 0) is 9.59 Å². The molecule has 6 heteroatoms. The molecule has 0 atom stereocenters. The highest BCUT2D eigenvalue weighted by Crippen LogP contribution is 2.13. The van der Waals surface area contributed by atoms with Gasteiger partial charge in [0.1, 0.15) is 0 Å². The lowest BCUT2D eigenvalue weighted by atomic mass is 10.1. The number of aliphatic carboxylic acids is 1. The lowest BCUT2D eigenvalue weighted by Crippen LogP contribution is -2.48. The minimum atomic E-state index is -0.880. The summed E-state index contributed by atoms with van der Waals surface area (Å²) in [5.41, 5.74) is -0.276. The van der Waals surface area contributed by atoms with Crippen molar-refractivity contribution in [3.8, 4) is 6.07 Å². The third kappa shape index (κ3) is 7.63. The van der Waals surface area contributed by atoms with Crippen molar-refractivity contribution < 1.29 is 14.7 Å².